The SMILES string of the molecule is COc1cc(OC)c([P+](CCCCC(=O)Nc2ccc(C#CC#N)cc2)(c2c(OC)cc(OC)cc2OC)c2c(OC)cc(OC)cc2OC)c(OC)c1.[Br-]. The Balaban J connectivity index is 0.00000812. The summed E-state index contributed by atoms with van der Waals surface area (Å²) < 4.78 is 54.0. The van der Waals surface area contributed by atoms with E-state index in [2.05, 4.69) is 17.2 Å². The molecule has 0 saturated heterocycles. The first-order valence-electron chi connectivity index (χ1n) is 16.8. The van der Waals surface area contributed by atoms with Gasteiger partial charge in [0.25, 0.3) is 0 Å². The number of carbonyl (C=O) groups is 1. The first-order valence-corrected chi connectivity index (χ1v) is 18.8. The lowest BCUT2D eigenvalue weighted by Crippen LogP contribution is -3.00. The summed E-state index contributed by atoms with van der Waals surface area (Å²) in [5, 5.41) is 13.8. The van der Waals surface area contributed by atoms with Gasteiger partial charge in [-0.25, -0.2) is 0 Å². The number of nitriles is 1. The van der Waals surface area contributed by atoms with Crippen LogP contribution in [0, 0.1) is 23.2 Å². The standard InChI is InChI=1S/C41H45N2O10P.BrH/c1-45-29-21-32(48-4)39(33(22-29)49-5)54(40-34(50-6)23-30(46-2)24-35(40)51-7,41-36(52-8)25-31(47-3)26-37(41)53-9)20-11-10-14-38(44)43-28-17-15-27(16-18-28)13-12-19-42;/h15-18,21-26H,10-11,14,20H2,1-9H3;1H. The fourth-order valence-electron chi connectivity index (χ4n) is 6.36. The van der Waals surface area contributed by atoms with Crippen molar-refractivity contribution in [1.29, 1.82) is 5.26 Å². The number of hydrogen-bond acceptors (Lipinski definition) is 11. The third-order valence-corrected chi connectivity index (χ3v) is 13.4. The molecule has 0 atom stereocenters. The minimum absolute atomic E-state index is 0. The Labute approximate surface area is 334 Å². The normalized spacial score (nSPS) is 10.3. The topological polar surface area (TPSA) is 136 Å². The van der Waals surface area contributed by atoms with Crippen molar-refractivity contribution >= 4 is 34.8 Å². The predicted octanol–water partition coefficient (Wildman–Crippen LogP) is 2.75. The molecular formula is C41H46BrN2O10P. The number of methoxy groups -OCH3 is 9. The maximum atomic E-state index is 13.3. The van der Waals surface area contributed by atoms with Crippen molar-refractivity contribution in [3.8, 4) is 69.7 Å². The third kappa shape index (κ3) is 9.61. The summed E-state index contributed by atoms with van der Waals surface area (Å²) in [5.74, 6) is 9.44. The van der Waals surface area contributed by atoms with Crippen LogP contribution in [0.15, 0.2) is 60.7 Å². The first kappa shape index (κ1) is 43.9. The van der Waals surface area contributed by atoms with Crippen LogP contribution in [-0.2, 0) is 4.79 Å². The van der Waals surface area contributed by atoms with E-state index in [9.17, 15) is 4.79 Å². The number of ether oxygens (including phenoxy) is 9. The molecule has 55 heavy (non-hydrogen) atoms. The monoisotopic (exact) mass is 836 g/mol. The lowest BCUT2D eigenvalue weighted by atomic mass is 10.2. The number of unbranched alkanes of at least 4 members (excludes halogenated alkanes) is 1. The van der Waals surface area contributed by atoms with Gasteiger partial charge in [0.15, 0.2) is 56.5 Å². The molecule has 0 heterocycles. The molecule has 0 spiro atoms. The van der Waals surface area contributed by atoms with Gasteiger partial charge >= 0.3 is 0 Å². The van der Waals surface area contributed by atoms with Crippen molar-refractivity contribution in [3.63, 3.8) is 0 Å². The highest BCUT2D eigenvalue weighted by Gasteiger charge is 2.57. The van der Waals surface area contributed by atoms with E-state index in [0.29, 0.717) is 97.9 Å². The number of benzene rings is 4. The number of carbonyl (C=O) groups excluding carboxylic acids is 1. The number of hydrogen-bond donors (Lipinski definition) is 1. The van der Waals surface area contributed by atoms with E-state index in [1.54, 1.807) is 94.3 Å². The lowest BCUT2D eigenvalue weighted by molar-refractivity contribution is -0.116. The van der Waals surface area contributed by atoms with Crippen LogP contribution < -0.4 is 80.8 Å². The molecule has 14 heteroatoms. The van der Waals surface area contributed by atoms with Crippen molar-refractivity contribution in [2.24, 2.45) is 0 Å². The highest BCUT2D eigenvalue weighted by Crippen LogP contribution is 2.66. The van der Waals surface area contributed by atoms with Gasteiger partial charge in [-0.1, -0.05) is 5.92 Å². The number of amides is 1. The number of halogens is 1. The summed E-state index contributed by atoms with van der Waals surface area (Å²) in [6.07, 6.45) is 1.71. The number of anilines is 1. The molecule has 0 aliphatic carbocycles. The van der Waals surface area contributed by atoms with E-state index in [0.717, 1.165) is 0 Å². The molecule has 292 valence electrons. The largest absolute Gasteiger partial charge is 1.00 e. The van der Waals surface area contributed by atoms with Crippen LogP contribution in [0.5, 0.6) is 51.7 Å². The van der Waals surface area contributed by atoms with Gasteiger partial charge in [0.2, 0.25) is 5.91 Å². The molecule has 1 amide bonds. The van der Waals surface area contributed by atoms with E-state index in [-0.39, 0.29) is 29.3 Å². The smallest absolute Gasteiger partial charge is 0.224 e. The van der Waals surface area contributed by atoms with Crippen LogP contribution in [0.3, 0.4) is 0 Å². The quantitative estimate of drug-likeness (QED) is 0.0901. The summed E-state index contributed by atoms with van der Waals surface area (Å²) in [6, 6.07) is 19.7. The van der Waals surface area contributed by atoms with Gasteiger partial charge in [-0.05, 0) is 37.1 Å². The molecule has 1 N–H and O–H groups in total. The van der Waals surface area contributed by atoms with E-state index >= 15 is 0 Å². The fourth-order valence-corrected chi connectivity index (χ4v) is 11.6. The molecule has 4 rings (SSSR count). The molecular weight excluding hydrogens is 791 g/mol. The van der Waals surface area contributed by atoms with E-state index < -0.39 is 7.26 Å². The zero-order chi connectivity index (χ0) is 39.3. The molecule has 0 aliphatic rings. The Morgan fingerprint density at radius 3 is 1.25 bits per heavy atom. The zero-order valence-electron chi connectivity index (χ0n) is 32.5. The van der Waals surface area contributed by atoms with Gasteiger partial charge < -0.3 is 64.9 Å². The van der Waals surface area contributed by atoms with Crippen LogP contribution in [0.1, 0.15) is 24.8 Å². The Kier molecular flexibility index (Phi) is 16.6. The van der Waals surface area contributed by atoms with Crippen molar-refractivity contribution in [3.05, 3.63) is 66.2 Å². The minimum atomic E-state index is -3.19. The van der Waals surface area contributed by atoms with E-state index in [1.165, 1.54) is 0 Å². The summed E-state index contributed by atoms with van der Waals surface area (Å²) in [6.45, 7) is 0. The van der Waals surface area contributed by atoms with Crippen molar-refractivity contribution in [2.75, 3.05) is 75.5 Å². The van der Waals surface area contributed by atoms with Gasteiger partial charge in [-0.15, -0.1) is 0 Å². The molecule has 0 bridgehead atoms. The molecule has 12 nitrogen and oxygen atoms in total. The second-order valence-corrected chi connectivity index (χ2v) is 15.0. The Morgan fingerprint density at radius 1 is 0.582 bits per heavy atom. The molecule has 0 saturated carbocycles. The van der Waals surface area contributed by atoms with Crippen molar-refractivity contribution < 1.29 is 64.4 Å². The first-order chi connectivity index (χ1) is 26.2. The predicted molar refractivity (Wildman–Crippen MR) is 210 cm³/mol. The number of nitrogens with one attached hydrogen (secondary N) is 1. The van der Waals surface area contributed by atoms with Gasteiger partial charge in [0.1, 0.15) is 24.5 Å². The second-order valence-electron chi connectivity index (χ2n) is 11.6. The van der Waals surface area contributed by atoms with Crippen LogP contribution in [0.2, 0.25) is 0 Å². The van der Waals surface area contributed by atoms with E-state index in [1.807, 2.05) is 36.4 Å². The summed E-state index contributed by atoms with van der Waals surface area (Å²) in [4.78, 5) is 13.3. The maximum Gasteiger partial charge on any atom is 0.224 e. The number of nitrogens with zero attached hydrogens (tertiary/aromatic N) is 1. The zero-order valence-corrected chi connectivity index (χ0v) is 34.9. The summed E-state index contributed by atoms with van der Waals surface area (Å²) in [5.41, 5.74) is 1.30. The Hall–Kier alpha value is -5.49. The Bertz CT molecular complexity index is 1810. The second kappa shape index (κ2) is 20.8. The molecule has 0 unspecified atom stereocenters. The van der Waals surface area contributed by atoms with Crippen LogP contribution in [-0.4, -0.2) is 76.1 Å². The van der Waals surface area contributed by atoms with Crippen LogP contribution in [0.4, 0.5) is 5.69 Å². The molecule has 0 radical (unpaired) electrons. The minimum Gasteiger partial charge on any atom is -1.00 e. The average Bonchev–Trinajstić information content (AvgIpc) is 3.22. The molecule has 0 aliphatic heterocycles. The lowest BCUT2D eigenvalue weighted by Gasteiger charge is -2.33. The van der Waals surface area contributed by atoms with Gasteiger partial charge in [0.05, 0.1) is 70.2 Å². The van der Waals surface area contributed by atoms with Gasteiger partial charge in [-0.3, -0.25) is 4.79 Å². The maximum absolute atomic E-state index is 13.3. The van der Waals surface area contributed by atoms with Crippen molar-refractivity contribution in [2.45, 2.75) is 19.3 Å². The Morgan fingerprint density at radius 2 is 0.945 bits per heavy atom. The van der Waals surface area contributed by atoms with Crippen molar-refractivity contribution in [1.82, 2.24) is 0 Å². The number of rotatable bonds is 18. The van der Waals surface area contributed by atoms with Crippen LogP contribution in [0.25, 0.3) is 0 Å². The third-order valence-electron chi connectivity index (χ3n) is 8.79. The van der Waals surface area contributed by atoms with Crippen LogP contribution >= 0.6 is 7.26 Å². The molecule has 0 fully saturated rings. The highest BCUT2D eigenvalue weighted by molar-refractivity contribution is 7.96. The summed E-state index contributed by atoms with van der Waals surface area (Å²) in [7, 11) is 11.1. The van der Waals surface area contributed by atoms with Gasteiger partial charge in [-0.2, -0.15) is 5.26 Å². The fraction of sp³-hybridized carbons (Fsp3) is 0.317. The molecule has 4 aromatic rings. The van der Waals surface area contributed by atoms with Gasteiger partial charge in [0, 0.05) is 60.0 Å². The summed E-state index contributed by atoms with van der Waals surface area (Å²) >= 11 is 0. The highest BCUT2D eigenvalue weighted by atomic mass is 79.9. The average molecular weight is 838 g/mol. The van der Waals surface area contributed by atoms with E-state index in [4.69, 9.17) is 47.9 Å². The molecule has 4 aromatic carbocycles. The molecule has 0 aromatic heterocycles.